The Labute approximate surface area is 155 Å². The zero-order valence-corrected chi connectivity index (χ0v) is 14.7. The Hall–Kier alpha value is -2.48. The van der Waals surface area contributed by atoms with Crippen molar-refractivity contribution in [3.05, 3.63) is 68.2 Å². The van der Waals surface area contributed by atoms with Crippen LogP contribution in [-0.2, 0) is 4.79 Å². The number of thiazole rings is 1. The number of benzene rings is 2. The highest BCUT2D eigenvalue weighted by Gasteiger charge is 2.12. The summed E-state index contributed by atoms with van der Waals surface area (Å²) < 4.78 is 0.861. The van der Waals surface area contributed by atoms with E-state index in [0.29, 0.717) is 21.2 Å². The van der Waals surface area contributed by atoms with Crippen LogP contribution in [0.3, 0.4) is 0 Å². The van der Waals surface area contributed by atoms with Crippen molar-refractivity contribution >= 4 is 67.6 Å². The molecule has 1 aromatic heterocycles. The third-order valence-corrected chi connectivity index (χ3v) is 4.75. The second-order valence-corrected chi connectivity index (χ2v) is 6.74. The molecule has 0 bridgehead atoms. The minimum atomic E-state index is -0.579. The number of carbonyl (C=O) groups is 1. The Bertz CT molecular complexity index is 1020. The topological polar surface area (TPSA) is 85.1 Å². The van der Waals surface area contributed by atoms with Crippen LogP contribution in [0.2, 0.25) is 10.0 Å². The molecule has 2 aromatic carbocycles. The maximum Gasteiger partial charge on any atom is 0.288 e. The van der Waals surface area contributed by atoms with E-state index >= 15 is 0 Å². The number of rotatable bonds is 4. The van der Waals surface area contributed by atoms with Gasteiger partial charge in [0.05, 0.1) is 14.6 Å². The molecule has 0 fully saturated rings. The van der Waals surface area contributed by atoms with Gasteiger partial charge in [-0.05, 0) is 29.8 Å². The van der Waals surface area contributed by atoms with Crippen LogP contribution in [0, 0.1) is 10.1 Å². The predicted molar refractivity (Wildman–Crippen MR) is 100 cm³/mol. The van der Waals surface area contributed by atoms with E-state index in [2.05, 4.69) is 10.3 Å². The molecule has 0 aliphatic carbocycles. The molecule has 0 radical (unpaired) electrons. The van der Waals surface area contributed by atoms with Crippen LogP contribution in [-0.4, -0.2) is 15.8 Å². The first kappa shape index (κ1) is 17.3. The van der Waals surface area contributed by atoms with E-state index in [9.17, 15) is 14.9 Å². The molecule has 3 aromatic rings. The number of aromatic nitrogens is 1. The molecule has 1 heterocycles. The number of nitro groups is 1. The Morgan fingerprint density at radius 2 is 2.04 bits per heavy atom. The lowest BCUT2D eigenvalue weighted by atomic mass is 10.2. The van der Waals surface area contributed by atoms with Crippen molar-refractivity contribution in [2.45, 2.75) is 0 Å². The van der Waals surface area contributed by atoms with E-state index in [1.807, 2.05) is 12.1 Å². The molecular weight excluding hydrogens is 385 g/mol. The standard InChI is InChI=1S/C16H9Cl2N3O3S/c17-10-6-4-9(8-12(10)21(23)24)5-7-14(22)19-16-20-15-11(18)2-1-3-13(15)25-16/h1-8H,(H,19,20,22). The Morgan fingerprint density at radius 3 is 2.76 bits per heavy atom. The molecule has 1 amide bonds. The van der Waals surface area contributed by atoms with Crippen molar-refractivity contribution in [2.75, 3.05) is 5.32 Å². The first-order valence-electron chi connectivity index (χ1n) is 6.92. The number of hydrogen-bond acceptors (Lipinski definition) is 5. The minimum Gasteiger partial charge on any atom is -0.298 e. The van der Waals surface area contributed by atoms with Crippen LogP contribution in [0.1, 0.15) is 5.56 Å². The molecule has 1 N–H and O–H groups in total. The Balaban J connectivity index is 1.75. The van der Waals surface area contributed by atoms with Crippen molar-refractivity contribution in [3.63, 3.8) is 0 Å². The molecule has 126 valence electrons. The summed E-state index contributed by atoms with van der Waals surface area (Å²) in [6.45, 7) is 0. The molecule has 0 saturated carbocycles. The van der Waals surface area contributed by atoms with Crippen molar-refractivity contribution in [1.82, 2.24) is 4.98 Å². The summed E-state index contributed by atoms with van der Waals surface area (Å²) in [5, 5.41) is 14.5. The number of hydrogen-bond donors (Lipinski definition) is 1. The molecule has 6 nitrogen and oxygen atoms in total. The second kappa shape index (κ2) is 7.18. The van der Waals surface area contributed by atoms with Crippen LogP contribution in [0.5, 0.6) is 0 Å². The van der Waals surface area contributed by atoms with Crippen LogP contribution in [0.25, 0.3) is 16.3 Å². The molecular formula is C16H9Cl2N3O3S. The Kier molecular flexibility index (Phi) is 4.98. The van der Waals surface area contributed by atoms with Gasteiger partial charge in [-0.1, -0.05) is 46.7 Å². The quantitative estimate of drug-likeness (QED) is 0.376. The van der Waals surface area contributed by atoms with Crippen molar-refractivity contribution < 1.29 is 9.72 Å². The van der Waals surface area contributed by atoms with Gasteiger partial charge < -0.3 is 0 Å². The van der Waals surface area contributed by atoms with E-state index in [4.69, 9.17) is 23.2 Å². The maximum absolute atomic E-state index is 12.0. The molecule has 0 aliphatic heterocycles. The van der Waals surface area contributed by atoms with Gasteiger partial charge in [0.1, 0.15) is 10.5 Å². The third-order valence-electron chi connectivity index (χ3n) is 3.19. The van der Waals surface area contributed by atoms with Crippen LogP contribution in [0.4, 0.5) is 10.8 Å². The van der Waals surface area contributed by atoms with Gasteiger partial charge in [0.25, 0.3) is 5.69 Å². The summed E-state index contributed by atoms with van der Waals surface area (Å²) in [5.74, 6) is -0.409. The highest BCUT2D eigenvalue weighted by Crippen LogP contribution is 2.30. The van der Waals surface area contributed by atoms with Crippen molar-refractivity contribution in [2.24, 2.45) is 0 Å². The van der Waals surface area contributed by atoms with E-state index in [-0.39, 0.29) is 10.7 Å². The van der Waals surface area contributed by atoms with Gasteiger partial charge >= 0.3 is 0 Å². The summed E-state index contributed by atoms with van der Waals surface area (Å²) in [6.07, 6.45) is 2.72. The van der Waals surface area contributed by atoms with Gasteiger partial charge in [-0.2, -0.15) is 0 Å². The molecule has 25 heavy (non-hydrogen) atoms. The third kappa shape index (κ3) is 3.96. The zero-order chi connectivity index (χ0) is 18.0. The number of amides is 1. The average Bonchev–Trinajstić information content (AvgIpc) is 2.97. The fourth-order valence-corrected chi connectivity index (χ4v) is 3.42. The first-order chi connectivity index (χ1) is 11.9. The fraction of sp³-hybridized carbons (Fsp3) is 0. The number of fused-ring (bicyclic) bond motifs is 1. The van der Waals surface area contributed by atoms with E-state index in [0.717, 1.165) is 4.70 Å². The molecule has 0 aliphatic rings. The summed E-state index contributed by atoms with van der Waals surface area (Å²) >= 11 is 13.1. The number of para-hydroxylation sites is 1. The summed E-state index contributed by atoms with van der Waals surface area (Å²) in [6, 6.07) is 9.68. The number of halogens is 2. The van der Waals surface area contributed by atoms with E-state index in [1.165, 1.54) is 35.6 Å². The second-order valence-electron chi connectivity index (χ2n) is 4.90. The lowest BCUT2D eigenvalue weighted by Crippen LogP contribution is -2.07. The van der Waals surface area contributed by atoms with Crippen molar-refractivity contribution in [1.29, 1.82) is 0 Å². The van der Waals surface area contributed by atoms with Gasteiger partial charge in [-0.3, -0.25) is 20.2 Å². The van der Waals surface area contributed by atoms with Gasteiger partial charge in [0.2, 0.25) is 5.91 Å². The lowest BCUT2D eigenvalue weighted by Gasteiger charge is -1.98. The predicted octanol–water partition coefficient (Wildman–Crippen LogP) is 5.16. The van der Waals surface area contributed by atoms with Gasteiger partial charge in [0, 0.05) is 12.1 Å². The highest BCUT2D eigenvalue weighted by molar-refractivity contribution is 7.22. The van der Waals surface area contributed by atoms with Crippen LogP contribution >= 0.6 is 34.5 Å². The average molecular weight is 394 g/mol. The largest absolute Gasteiger partial charge is 0.298 e. The molecule has 0 unspecified atom stereocenters. The lowest BCUT2D eigenvalue weighted by molar-refractivity contribution is -0.384. The summed E-state index contributed by atoms with van der Waals surface area (Å²) in [4.78, 5) is 26.6. The van der Waals surface area contributed by atoms with Crippen LogP contribution in [0.15, 0.2) is 42.5 Å². The number of carbonyl (C=O) groups excluding carboxylic acids is 1. The monoisotopic (exact) mass is 393 g/mol. The number of nitrogens with one attached hydrogen (secondary N) is 1. The molecule has 0 atom stereocenters. The van der Waals surface area contributed by atoms with Gasteiger partial charge in [0.15, 0.2) is 5.13 Å². The summed E-state index contributed by atoms with van der Waals surface area (Å²) in [5.41, 5.74) is 0.894. The minimum absolute atomic E-state index is 0.0398. The molecule has 9 heteroatoms. The SMILES string of the molecule is O=C(C=Cc1ccc(Cl)c([N+](=O)[O-])c1)Nc1nc2c(Cl)cccc2s1. The number of anilines is 1. The Morgan fingerprint density at radius 1 is 1.24 bits per heavy atom. The summed E-state index contributed by atoms with van der Waals surface area (Å²) in [7, 11) is 0. The maximum atomic E-state index is 12.0. The fourth-order valence-electron chi connectivity index (χ4n) is 2.06. The van der Waals surface area contributed by atoms with Crippen LogP contribution < -0.4 is 5.32 Å². The van der Waals surface area contributed by atoms with Gasteiger partial charge in [-0.25, -0.2) is 4.98 Å². The zero-order valence-electron chi connectivity index (χ0n) is 12.4. The first-order valence-corrected chi connectivity index (χ1v) is 8.49. The molecule has 3 rings (SSSR count). The van der Waals surface area contributed by atoms with Gasteiger partial charge in [-0.15, -0.1) is 0 Å². The van der Waals surface area contributed by atoms with E-state index < -0.39 is 10.8 Å². The number of nitro benzene ring substituents is 1. The number of nitrogens with zero attached hydrogens (tertiary/aromatic N) is 2. The molecule has 0 saturated heterocycles. The molecule has 0 spiro atoms. The smallest absolute Gasteiger partial charge is 0.288 e. The highest BCUT2D eigenvalue weighted by atomic mass is 35.5. The van der Waals surface area contributed by atoms with Crippen molar-refractivity contribution in [3.8, 4) is 0 Å². The van der Waals surface area contributed by atoms with E-state index in [1.54, 1.807) is 12.1 Å². The normalized spacial score (nSPS) is 11.1.